The van der Waals surface area contributed by atoms with Crippen molar-refractivity contribution in [1.29, 1.82) is 0 Å². The van der Waals surface area contributed by atoms with E-state index in [0.29, 0.717) is 44.0 Å². The average Bonchev–Trinajstić information content (AvgIpc) is 2.79. The van der Waals surface area contributed by atoms with Crippen LogP contribution >= 0.6 is 0 Å². The van der Waals surface area contributed by atoms with Crippen LogP contribution in [0.3, 0.4) is 0 Å². The van der Waals surface area contributed by atoms with Crippen LogP contribution in [0.4, 0.5) is 11.5 Å². The zero-order valence-electron chi connectivity index (χ0n) is 18.0. The molecule has 1 aromatic carbocycles. The molecule has 0 aliphatic carbocycles. The van der Waals surface area contributed by atoms with Gasteiger partial charge in [-0.15, -0.1) is 0 Å². The number of hydrogen-bond acceptors (Lipinski definition) is 6. The zero-order chi connectivity index (χ0) is 22.2. The summed E-state index contributed by atoms with van der Waals surface area (Å²) in [6.07, 6.45) is 1.93. The van der Waals surface area contributed by atoms with Crippen molar-refractivity contribution < 1.29 is 19.1 Å². The largest absolute Gasteiger partial charge is 0.466 e. The van der Waals surface area contributed by atoms with Gasteiger partial charge in [0.05, 0.1) is 24.9 Å². The van der Waals surface area contributed by atoms with Gasteiger partial charge in [0.2, 0.25) is 5.91 Å². The van der Waals surface area contributed by atoms with Crippen molar-refractivity contribution in [1.82, 2.24) is 9.88 Å². The summed E-state index contributed by atoms with van der Waals surface area (Å²) < 4.78 is 4.87. The molecule has 0 saturated carbocycles. The van der Waals surface area contributed by atoms with Gasteiger partial charge in [-0.05, 0) is 38.1 Å². The highest BCUT2D eigenvalue weighted by atomic mass is 16.5. The van der Waals surface area contributed by atoms with Crippen LogP contribution in [0.1, 0.15) is 35.7 Å². The summed E-state index contributed by atoms with van der Waals surface area (Å²) in [5, 5.41) is 2.85. The maximum atomic E-state index is 12.3. The number of hydrogen-bond donors (Lipinski definition) is 1. The number of piperazine rings is 1. The molecule has 8 heteroatoms. The Morgan fingerprint density at radius 3 is 2.32 bits per heavy atom. The first kappa shape index (κ1) is 22.3. The number of aromatic nitrogens is 1. The molecule has 31 heavy (non-hydrogen) atoms. The fourth-order valence-electron chi connectivity index (χ4n) is 3.34. The number of esters is 1. The second-order valence-corrected chi connectivity index (χ2v) is 7.40. The van der Waals surface area contributed by atoms with E-state index < -0.39 is 0 Å². The van der Waals surface area contributed by atoms with Crippen LogP contribution in [0.2, 0.25) is 0 Å². The van der Waals surface area contributed by atoms with Crippen molar-refractivity contribution in [2.24, 2.45) is 0 Å². The third-order valence-corrected chi connectivity index (χ3v) is 5.12. The monoisotopic (exact) mass is 424 g/mol. The fourth-order valence-corrected chi connectivity index (χ4v) is 3.34. The van der Waals surface area contributed by atoms with Gasteiger partial charge >= 0.3 is 5.97 Å². The van der Waals surface area contributed by atoms with E-state index >= 15 is 0 Å². The summed E-state index contributed by atoms with van der Waals surface area (Å²) >= 11 is 0. The number of nitrogens with zero attached hydrogens (tertiary/aromatic N) is 3. The Hall–Kier alpha value is -3.42. The Labute approximate surface area is 182 Å². The number of carbonyl (C=O) groups excluding carboxylic acids is 3. The van der Waals surface area contributed by atoms with Gasteiger partial charge in [0.25, 0.3) is 5.91 Å². The Morgan fingerprint density at radius 1 is 1.00 bits per heavy atom. The fraction of sp³-hybridized carbons (Fsp3) is 0.391. The molecule has 3 rings (SSSR count). The predicted octanol–water partition coefficient (Wildman–Crippen LogP) is 2.63. The standard InChI is InChI=1S/C23H28N4O4/c1-3-31-22(29)11-10-21(28)27-14-12-26(13-15-27)20-9-8-19(16-24-20)25-23(30)18-6-4-17(2)5-7-18/h4-9,16H,3,10-15H2,1-2H3,(H,25,30). The van der Waals surface area contributed by atoms with E-state index in [1.54, 1.807) is 30.2 Å². The number of pyridine rings is 1. The van der Waals surface area contributed by atoms with E-state index in [0.717, 1.165) is 11.4 Å². The molecule has 1 N–H and O–H groups in total. The first-order valence-corrected chi connectivity index (χ1v) is 10.5. The molecule has 0 bridgehead atoms. The molecular weight excluding hydrogens is 396 g/mol. The van der Waals surface area contributed by atoms with E-state index in [1.165, 1.54) is 0 Å². The molecule has 0 atom stereocenters. The number of ether oxygens (including phenoxy) is 1. The van der Waals surface area contributed by atoms with Gasteiger partial charge in [-0.25, -0.2) is 4.98 Å². The molecule has 1 saturated heterocycles. The third-order valence-electron chi connectivity index (χ3n) is 5.12. The summed E-state index contributed by atoms with van der Waals surface area (Å²) in [4.78, 5) is 44.4. The number of anilines is 2. The lowest BCUT2D eigenvalue weighted by molar-refractivity contribution is -0.145. The van der Waals surface area contributed by atoms with E-state index in [9.17, 15) is 14.4 Å². The number of rotatable bonds is 7. The second kappa shape index (κ2) is 10.6. The lowest BCUT2D eigenvalue weighted by Crippen LogP contribution is -2.49. The van der Waals surface area contributed by atoms with Crippen molar-refractivity contribution in [2.75, 3.05) is 43.0 Å². The molecular formula is C23H28N4O4. The maximum absolute atomic E-state index is 12.3. The molecule has 0 unspecified atom stereocenters. The molecule has 1 aliphatic rings. The van der Waals surface area contributed by atoms with E-state index in [1.807, 2.05) is 31.2 Å². The van der Waals surface area contributed by atoms with Crippen molar-refractivity contribution in [3.8, 4) is 0 Å². The van der Waals surface area contributed by atoms with Gasteiger partial charge < -0.3 is 19.9 Å². The summed E-state index contributed by atoms with van der Waals surface area (Å²) in [5.74, 6) is 0.250. The summed E-state index contributed by atoms with van der Waals surface area (Å²) in [5.41, 5.74) is 2.32. The summed E-state index contributed by atoms with van der Waals surface area (Å²) in [6.45, 7) is 6.53. The molecule has 0 radical (unpaired) electrons. The van der Waals surface area contributed by atoms with Crippen molar-refractivity contribution in [3.63, 3.8) is 0 Å². The van der Waals surface area contributed by atoms with E-state index in [2.05, 4.69) is 15.2 Å². The van der Waals surface area contributed by atoms with Gasteiger partial charge in [-0.1, -0.05) is 17.7 Å². The van der Waals surface area contributed by atoms with Crippen LogP contribution in [0.5, 0.6) is 0 Å². The molecule has 2 amide bonds. The predicted molar refractivity (Wildman–Crippen MR) is 118 cm³/mol. The van der Waals surface area contributed by atoms with Gasteiger partial charge in [-0.2, -0.15) is 0 Å². The van der Waals surface area contributed by atoms with Crippen LogP contribution in [0, 0.1) is 6.92 Å². The van der Waals surface area contributed by atoms with Crippen LogP contribution in [0.15, 0.2) is 42.6 Å². The highest BCUT2D eigenvalue weighted by Gasteiger charge is 2.22. The summed E-state index contributed by atoms with van der Waals surface area (Å²) in [7, 11) is 0. The first-order valence-electron chi connectivity index (χ1n) is 10.5. The van der Waals surface area contributed by atoms with Crippen LogP contribution in [-0.2, 0) is 14.3 Å². The minimum absolute atomic E-state index is 0.0326. The molecule has 8 nitrogen and oxygen atoms in total. The first-order chi connectivity index (χ1) is 15.0. The molecule has 1 aliphatic heterocycles. The van der Waals surface area contributed by atoms with E-state index in [4.69, 9.17) is 4.74 Å². The minimum atomic E-state index is -0.340. The van der Waals surface area contributed by atoms with Crippen molar-refractivity contribution in [2.45, 2.75) is 26.7 Å². The third kappa shape index (κ3) is 6.28. The highest BCUT2D eigenvalue weighted by Crippen LogP contribution is 2.17. The number of amides is 2. The van der Waals surface area contributed by atoms with Gasteiger partial charge in [-0.3, -0.25) is 14.4 Å². The van der Waals surface area contributed by atoms with Crippen molar-refractivity contribution >= 4 is 29.3 Å². The number of nitrogens with one attached hydrogen (secondary N) is 1. The topological polar surface area (TPSA) is 91.8 Å². The van der Waals surface area contributed by atoms with Crippen LogP contribution < -0.4 is 10.2 Å². The molecule has 164 valence electrons. The smallest absolute Gasteiger partial charge is 0.306 e. The molecule has 1 fully saturated rings. The van der Waals surface area contributed by atoms with Crippen molar-refractivity contribution in [3.05, 3.63) is 53.7 Å². The maximum Gasteiger partial charge on any atom is 0.306 e. The van der Waals surface area contributed by atoms with Crippen LogP contribution in [0.25, 0.3) is 0 Å². The molecule has 2 aromatic rings. The quantitative estimate of drug-likeness (QED) is 0.687. The lowest BCUT2D eigenvalue weighted by atomic mass is 10.1. The average molecular weight is 425 g/mol. The normalized spacial score (nSPS) is 13.6. The molecule has 1 aromatic heterocycles. The number of aryl methyl sites for hydroxylation is 1. The van der Waals surface area contributed by atoms with Gasteiger partial charge in [0, 0.05) is 38.2 Å². The Morgan fingerprint density at radius 2 is 1.71 bits per heavy atom. The number of benzene rings is 1. The Kier molecular flexibility index (Phi) is 7.59. The lowest BCUT2D eigenvalue weighted by Gasteiger charge is -2.35. The second-order valence-electron chi connectivity index (χ2n) is 7.40. The van der Waals surface area contributed by atoms with E-state index in [-0.39, 0.29) is 30.6 Å². The Bertz CT molecular complexity index is 904. The SMILES string of the molecule is CCOC(=O)CCC(=O)N1CCN(c2ccc(NC(=O)c3ccc(C)cc3)cn2)CC1. The summed E-state index contributed by atoms with van der Waals surface area (Å²) in [6, 6.07) is 11.1. The van der Waals surface area contributed by atoms with Gasteiger partial charge in [0.1, 0.15) is 5.82 Å². The number of carbonyl (C=O) groups is 3. The minimum Gasteiger partial charge on any atom is -0.466 e. The van der Waals surface area contributed by atoms with Gasteiger partial charge in [0.15, 0.2) is 0 Å². The molecule has 2 heterocycles. The highest BCUT2D eigenvalue weighted by molar-refractivity contribution is 6.04. The molecule has 0 spiro atoms. The van der Waals surface area contributed by atoms with Crippen LogP contribution in [-0.4, -0.2) is 60.5 Å². The Balaban J connectivity index is 1.47. The zero-order valence-corrected chi connectivity index (χ0v) is 18.0.